The Hall–Kier alpha value is -3.91. The number of benzene rings is 5. The minimum absolute atomic E-state index is 0. The fourth-order valence-electron chi connectivity index (χ4n) is 7.12. The monoisotopic (exact) mass is 859 g/mol. The molecule has 0 spiro atoms. The van der Waals surface area contributed by atoms with Crippen molar-refractivity contribution in [1.82, 2.24) is 10.6 Å². The van der Waals surface area contributed by atoms with Crippen molar-refractivity contribution in [2.75, 3.05) is 19.3 Å². The van der Waals surface area contributed by atoms with Crippen molar-refractivity contribution in [2.45, 2.75) is 57.5 Å². The number of aliphatic imine (C=N–C) groups is 1. The second-order valence-electron chi connectivity index (χ2n) is 13.5. The molecule has 5 N–H and O–H groups in total. The van der Waals surface area contributed by atoms with Gasteiger partial charge < -0.3 is 18.1 Å². The van der Waals surface area contributed by atoms with E-state index < -0.39 is 4.25 Å². The molecule has 0 aromatic heterocycles. The van der Waals surface area contributed by atoms with Crippen LogP contribution >= 0.6 is 26.3 Å². The van der Waals surface area contributed by atoms with Crippen LogP contribution in [0.3, 0.4) is 0 Å². The number of nitrogens with two attached hydrogens (primary N) is 1. The number of hydrogen-bond donors (Lipinski definition) is 4. The van der Waals surface area contributed by atoms with Gasteiger partial charge in [-0.25, -0.2) is 5.32 Å². The van der Waals surface area contributed by atoms with Crippen molar-refractivity contribution < 1.29 is 22.1 Å². The van der Waals surface area contributed by atoms with Gasteiger partial charge in [-0.1, -0.05) is 30.3 Å². The molecule has 0 fully saturated rings. The van der Waals surface area contributed by atoms with Gasteiger partial charge in [-0.3, -0.25) is 10.3 Å². The number of ether oxygens (including phenoxy) is 1. The third-order valence-electron chi connectivity index (χ3n) is 9.93. The van der Waals surface area contributed by atoms with E-state index in [9.17, 15) is 0 Å². The zero-order chi connectivity index (χ0) is 35.9. The first-order valence-electron chi connectivity index (χ1n) is 18.7. The van der Waals surface area contributed by atoms with Gasteiger partial charge in [0, 0.05) is 12.0 Å². The Bertz CT molecular complexity index is 1780. The van der Waals surface area contributed by atoms with E-state index in [0.717, 1.165) is 43.3 Å². The first kappa shape index (κ1) is 40.3. The average Bonchev–Trinajstić information content (AvgIpc) is 3.20. The molecule has 0 aliphatic carbocycles. The van der Waals surface area contributed by atoms with Crippen molar-refractivity contribution in [1.29, 1.82) is 0 Å². The predicted octanol–water partition coefficient (Wildman–Crippen LogP) is 3.87. The number of nitrogens with one attached hydrogen (secondary N) is 3. The summed E-state index contributed by atoms with van der Waals surface area (Å²) in [5.41, 5.74) is 8.43. The molecule has 1 unspecified atom stereocenters. The normalized spacial score (nSPS) is 15.6. The van der Waals surface area contributed by atoms with Crippen LogP contribution < -0.4 is 54.4 Å². The first-order valence-corrected chi connectivity index (χ1v) is 23.9. The summed E-state index contributed by atoms with van der Waals surface area (Å²) in [4.78, 5) is 7.96. The molecule has 1 heterocycles. The van der Waals surface area contributed by atoms with Gasteiger partial charge in [-0.05, 0) is 17.7 Å². The molecule has 0 amide bonds. The number of hydrogen-bond acceptors (Lipinski definition) is 3. The summed E-state index contributed by atoms with van der Waals surface area (Å²) >= 11 is 2.91. The molecule has 6 rings (SSSR count). The van der Waals surface area contributed by atoms with Gasteiger partial charge in [0.25, 0.3) is 5.96 Å². The van der Waals surface area contributed by atoms with Crippen molar-refractivity contribution in [3.05, 3.63) is 157 Å². The molecule has 0 saturated carbocycles. The van der Waals surface area contributed by atoms with E-state index in [-0.39, 0.29) is 18.6 Å². The molecule has 278 valence electrons. The van der Waals surface area contributed by atoms with Crippen LogP contribution in [0.25, 0.3) is 0 Å². The summed E-state index contributed by atoms with van der Waals surface area (Å²) in [5, 5.41) is 10.9. The zero-order valence-corrected chi connectivity index (χ0v) is 34.2. The summed E-state index contributed by atoms with van der Waals surface area (Å²) < 4.78 is 3.44. The first-order chi connectivity index (χ1) is 25.5. The number of unbranched alkanes of at least 4 members (excludes halogenated alkanes) is 6. The van der Waals surface area contributed by atoms with Gasteiger partial charge in [-0.2, -0.15) is 4.99 Å². The van der Waals surface area contributed by atoms with Gasteiger partial charge in [0.05, 0.1) is 6.54 Å². The molecular formula is C44H52ClIN5OP. The second-order valence-corrected chi connectivity index (χ2v) is 24.3. The van der Waals surface area contributed by atoms with E-state index in [0.29, 0.717) is 5.96 Å². The molecular weight excluding hydrogens is 808 g/mol. The molecule has 0 saturated heterocycles. The summed E-state index contributed by atoms with van der Waals surface area (Å²) in [6.07, 6.45) is 10.3. The summed E-state index contributed by atoms with van der Waals surface area (Å²) in [6, 6.07) is 52.4. The maximum absolute atomic E-state index is 6.11. The average molecular weight is 860 g/mol. The van der Waals surface area contributed by atoms with Gasteiger partial charge in [-0.15, -0.1) is 0 Å². The van der Waals surface area contributed by atoms with Crippen LogP contribution in [0.15, 0.2) is 151 Å². The van der Waals surface area contributed by atoms with Crippen LogP contribution in [0.5, 0.6) is 5.75 Å². The molecule has 1 aliphatic rings. The SMILES string of the molecule is NC1=NC(c2ccc(OCCCCCCCCCP(I)(c3ccccc3)(c3ccccc3)c3ccccc3)cc2)NC(=[NH+]CCc2ccccc2)N1.[Cl-]. The van der Waals surface area contributed by atoms with E-state index in [1.54, 1.807) is 0 Å². The third-order valence-corrected chi connectivity index (χ3v) is 21.7. The van der Waals surface area contributed by atoms with E-state index >= 15 is 0 Å². The Labute approximate surface area is 335 Å². The third kappa shape index (κ3) is 10.4. The molecule has 1 atom stereocenters. The van der Waals surface area contributed by atoms with Crippen LogP contribution in [0.1, 0.15) is 62.2 Å². The Balaban J connectivity index is 0.00000541. The Kier molecular flexibility index (Phi) is 15.2. The number of halogens is 2. The topological polar surface area (TPSA) is 85.6 Å². The molecule has 0 radical (unpaired) electrons. The Morgan fingerprint density at radius 3 is 1.68 bits per heavy atom. The fourth-order valence-corrected chi connectivity index (χ4v) is 15.9. The summed E-state index contributed by atoms with van der Waals surface area (Å²) in [5.74, 6) is 2.04. The summed E-state index contributed by atoms with van der Waals surface area (Å²) in [7, 11) is 0. The maximum atomic E-state index is 6.11. The van der Waals surface area contributed by atoms with Gasteiger partial charge >= 0.3 is 219 Å². The van der Waals surface area contributed by atoms with Crippen LogP contribution in [-0.4, -0.2) is 31.2 Å². The number of rotatable bonds is 18. The molecule has 1 aliphatic heterocycles. The van der Waals surface area contributed by atoms with Gasteiger partial charge in [0.1, 0.15) is 0 Å². The quantitative estimate of drug-likeness (QED) is 0.0614. The fraction of sp³-hybridized carbons (Fsp3) is 0.273. The smallest absolute Gasteiger partial charge is 1.00 e. The molecule has 9 heteroatoms. The van der Waals surface area contributed by atoms with Gasteiger partial charge in [0.2, 0.25) is 0 Å². The molecule has 6 nitrogen and oxygen atoms in total. The van der Waals surface area contributed by atoms with Crippen molar-refractivity contribution >= 4 is 54.1 Å². The predicted molar refractivity (Wildman–Crippen MR) is 230 cm³/mol. The number of guanidine groups is 2. The van der Waals surface area contributed by atoms with E-state index in [2.05, 4.69) is 170 Å². The van der Waals surface area contributed by atoms with E-state index in [1.807, 2.05) is 18.2 Å². The van der Waals surface area contributed by atoms with E-state index in [1.165, 1.54) is 66.2 Å². The molecule has 5 aromatic carbocycles. The minimum atomic E-state index is -2.66. The van der Waals surface area contributed by atoms with Gasteiger partial charge in [0.15, 0.2) is 6.17 Å². The molecule has 53 heavy (non-hydrogen) atoms. The minimum Gasteiger partial charge on any atom is -1.00 e. The second kappa shape index (κ2) is 20.0. The summed E-state index contributed by atoms with van der Waals surface area (Å²) in [6.45, 7) is 1.51. The standard InChI is InChI=1S/C44H51IN5OP.ClH/c45-52(39-22-12-7-13-23-39,40-24-14-8-15-25-40,41-26-16-9-17-27-41)35-19-5-3-1-2-4-18-34-51-38-30-28-37(29-31-38)42-48-43(46)50-44(49-42)47-33-32-36-20-10-6-11-21-36;/h6-17,20-31,42H,1-5,18-19,32-35H2,(H4,46,47,48,49,50);1H. The van der Waals surface area contributed by atoms with Crippen molar-refractivity contribution in [3.63, 3.8) is 0 Å². The van der Waals surface area contributed by atoms with Crippen LogP contribution in [-0.2, 0) is 6.42 Å². The molecule has 5 aromatic rings. The van der Waals surface area contributed by atoms with Crippen molar-refractivity contribution in [3.8, 4) is 5.75 Å². The number of nitrogens with zero attached hydrogens (tertiary/aromatic N) is 1. The van der Waals surface area contributed by atoms with Crippen LogP contribution in [0.2, 0.25) is 0 Å². The Morgan fingerprint density at radius 1 is 0.642 bits per heavy atom. The van der Waals surface area contributed by atoms with Crippen LogP contribution in [0, 0.1) is 0 Å². The van der Waals surface area contributed by atoms with Crippen LogP contribution in [0.4, 0.5) is 0 Å². The molecule has 0 bridgehead atoms. The zero-order valence-electron chi connectivity index (χ0n) is 30.3. The van der Waals surface area contributed by atoms with E-state index in [4.69, 9.17) is 10.5 Å². The Morgan fingerprint density at radius 2 is 1.13 bits per heavy atom. The van der Waals surface area contributed by atoms with Crippen molar-refractivity contribution in [2.24, 2.45) is 10.7 Å².